The highest BCUT2D eigenvalue weighted by Crippen LogP contribution is 2.27. The number of nitrogens with zero attached hydrogens (tertiary/aromatic N) is 2. The molecule has 0 amide bonds. The molecular formula is C8H12N4. The van der Waals surface area contributed by atoms with Gasteiger partial charge in [0.15, 0.2) is 0 Å². The van der Waals surface area contributed by atoms with E-state index in [0.29, 0.717) is 6.42 Å². The first-order valence-corrected chi connectivity index (χ1v) is 4.01. The van der Waals surface area contributed by atoms with Crippen LogP contribution in [0.15, 0.2) is 0 Å². The normalized spacial score (nSPS) is 41.3. The van der Waals surface area contributed by atoms with E-state index in [4.69, 9.17) is 22.0 Å². The van der Waals surface area contributed by atoms with Gasteiger partial charge < -0.3 is 11.5 Å². The first kappa shape index (κ1) is 8.99. The summed E-state index contributed by atoms with van der Waals surface area (Å²) in [5, 5.41) is 17.4. The topological polar surface area (TPSA) is 99.6 Å². The van der Waals surface area contributed by atoms with E-state index in [1.165, 1.54) is 0 Å². The van der Waals surface area contributed by atoms with E-state index in [9.17, 15) is 0 Å². The Morgan fingerprint density at radius 3 is 2.25 bits per heavy atom. The molecule has 1 saturated carbocycles. The molecule has 1 rings (SSSR count). The van der Waals surface area contributed by atoms with E-state index in [-0.39, 0.29) is 18.0 Å². The van der Waals surface area contributed by atoms with Crippen LogP contribution in [0.3, 0.4) is 0 Å². The second-order valence-electron chi connectivity index (χ2n) is 3.21. The third-order valence-electron chi connectivity index (χ3n) is 2.47. The number of hydrogen-bond donors (Lipinski definition) is 2. The summed E-state index contributed by atoms with van der Waals surface area (Å²) in [6.45, 7) is 0. The summed E-state index contributed by atoms with van der Waals surface area (Å²) in [4.78, 5) is 0. The Hall–Kier alpha value is -1.10. The van der Waals surface area contributed by atoms with Crippen molar-refractivity contribution in [2.75, 3.05) is 0 Å². The van der Waals surface area contributed by atoms with Crippen molar-refractivity contribution < 1.29 is 0 Å². The Bertz CT molecular complexity index is 236. The maximum Gasteiger partial charge on any atom is 0.0787 e. The average Bonchev–Trinajstić information content (AvgIpc) is 2.09. The molecule has 12 heavy (non-hydrogen) atoms. The van der Waals surface area contributed by atoms with Gasteiger partial charge in [-0.2, -0.15) is 10.5 Å². The molecule has 0 heterocycles. The maximum atomic E-state index is 8.74. The third-order valence-corrected chi connectivity index (χ3v) is 2.47. The van der Waals surface area contributed by atoms with Gasteiger partial charge in [0.2, 0.25) is 0 Å². The first-order valence-electron chi connectivity index (χ1n) is 4.01. The third kappa shape index (κ3) is 1.40. The van der Waals surface area contributed by atoms with Crippen molar-refractivity contribution >= 4 is 0 Å². The Morgan fingerprint density at radius 2 is 1.75 bits per heavy atom. The Morgan fingerprint density at radius 1 is 1.08 bits per heavy atom. The smallest absolute Gasteiger partial charge is 0.0787 e. The van der Waals surface area contributed by atoms with Gasteiger partial charge in [-0.1, -0.05) is 0 Å². The summed E-state index contributed by atoms with van der Waals surface area (Å²) in [5.41, 5.74) is 11.4. The van der Waals surface area contributed by atoms with E-state index in [1.54, 1.807) is 0 Å². The molecule has 0 aromatic carbocycles. The molecule has 4 atom stereocenters. The van der Waals surface area contributed by atoms with Gasteiger partial charge in [-0.15, -0.1) is 0 Å². The lowest BCUT2D eigenvalue weighted by Gasteiger charge is -2.32. The molecular weight excluding hydrogens is 152 g/mol. The highest BCUT2D eigenvalue weighted by atomic mass is 14.8. The molecule has 0 aliphatic heterocycles. The second kappa shape index (κ2) is 3.53. The minimum Gasteiger partial charge on any atom is -0.326 e. The lowest BCUT2D eigenvalue weighted by Crippen LogP contribution is -2.51. The Kier molecular flexibility index (Phi) is 2.65. The lowest BCUT2D eigenvalue weighted by atomic mass is 9.75. The van der Waals surface area contributed by atoms with Crippen molar-refractivity contribution in [1.82, 2.24) is 0 Å². The molecule has 0 radical (unpaired) electrons. The fourth-order valence-electron chi connectivity index (χ4n) is 1.60. The standard InChI is InChI=1S/C8H12N4/c9-3-5-1-2-7(11)8(12)6(5)4-10/h5-8H,1-2,11-12H2. The monoisotopic (exact) mass is 164 g/mol. The lowest BCUT2D eigenvalue weighted by molar-refractivity contribution is 0.272. The van der Waals surface area contributed by atoms with Crippen LogP contribution in [-0.2, 0) is 0 Å². The quantitative estimate of drug-likeness (QED) is 0.514. The van der Waals surface area contributed by atoms with Crippen molar-refractivity contribution in [2.24, 2.45) is 23.3 Å². The first-order chi connectivity index (χ1) is 5.70. The molecule has 1 fully saturated rings. The molecule has 0 aromatic heterocycles. The molecule has 4 N–H and O–H groups in total. The summed E-state index contributed by atoms with van der Waals surface area (Å²) in [5.74, 6) is -0.622. The van der Waals surface area contributed by atoms with Crippen molar-refractivity contribution in [1.29, 1.82) is 10.5 Å². The van der Waals surface area contributed by atoms with E-state index >= 15 is 0 Å². The van der Waals surface area contributed by atoms with Crippen LogP contribution >= 0.6 is 0 Å². The molecule has 1 aliphatic rings. The van der Waals surface area contributed by atoms with E-state index < -0.39 is 5.92 Å². The number of hydrogen-bond acceptors (Lipinski definition) is 4. The van der Waals surface area contributed by atoms with Crippen LogP contribution in [-0.4, -0.2) is 12.1 Å². The molecule has 4 heteroatoms. The molecule has 0 saturated heterocycles. The zero-order valence-electron chi connectivity index (χ0n) is 6.77. The summed E-state index contributed by atoms with van der Waals surface area (Å²) >= 11 is 0. The molecule has 4 nitrogen and oxygen atoms in total. The van der Waals surface area contributed by atoms with E-state index in [1.807, 2.05) is 0 Å². The van der Waals surface area contributed by atoms with Crippen LogP contribution in [0.25, 0.3) is 0 Å². The minimum atomic E-state index is -0.390. The average molecular weight is 164 g/mol. The van der Waals surface area contributed by atoms with Crippen molar-refractivity contribution in [2.45, 2.75) is 24.9 Å². The van der Waals surface area contributed by atoms with Gasteiger partial charge in [0, 0.05) is 12.1 Å². The fourth-order valence-corrected chi connectivity index (χ4v) is 1.60. The number of nitriles is 2. The maximum absolute atomic E-state index is 8.74. The highest BCUT2D eigenvalue weighted by molar-refractivity contribution is 5.08. The van der Waals surface area contributed by atoms with Gasteiger partial charge in [0.1, 0.15) is 0 Å². The SMILES string of the molecule is N#CC1CCC(N)C(N)C1C#N. The highest BCUT2D eigenvalue weighted by Gasteiger charge is 2.35. The predicted octanol–water partition coefficient (Wildman–Crippen LogP) is -0.286. The minimum absolute atomic E-state index is 0.126. The number of rotatable bonds is 0. The van der Waals surface area contributed by atoms with Gasteiger partial charge in [-0.25, -0.2) is 0 Å². The second-order valence-corrected chi connectivity index (χ2v) is 3.21. The van der Waals surface area contributed by atoms with Crippen LogP contribution in [0.1, 0.15) is 12.8 Å². The summed E-state index contributed by atoms with van der Waals surface area (Å²) < 4.78 is 0. The largest absolute Gasteiger partial charge is 0.326 e. The van der Waals surface area contributed by atoms with Crippen molar-refractivity contribution in [3.05, 3.63) is 0 Å². The Labute approximate surface area is 71.8 Å². The van der Waals surface area contributed by atoms with Crippen LogP contribution in [0.4, 0.5) is 0 Å². The van der Waals surface area contributed by atoms with Crippen LogP contribution in [0.2, 0.25) is 0 Å². The van der Waals surface area contributed by atoms with Gasteiger partial charge in [-0.05, 0) is 12.8 Å². The van der Waals surface area contributed by atoms with Crippen LogP contribution in [0.5, 0.6) is 0 Å². The van der Waals surface area contributed by atoms with Gasteiger partial charge >= 0.3 is 0 Å². The van der Waals surface area contributed by atoms with E-state index in [0.717, 1.165) is 6.42 Å². The van der Waals surface area contributed by atoms with E-state index in [2.05, 4.69) is 12.1 Å². The summed E-state index contributed by atoms with van der Waals surface area (Å²) in [7, 11) is 0. The molecule has 0 bridgehead atoms. The molecule has 1 aliphatic carbocycles. The molecule has 0 aromatic rings. The van der Waals surface area contributed by atoms with Gasteiger partial charge in [0.25, 0.3) is 0 Å². The van der Waals surface area contributed by atoms with Crippen LogP contribution in [0, 0.1) is 34.5 Å². The summed E-state index contributed by atoms with van der Waals surface area (Å²) in [6.07, 6.45) is 1.45. The van der Waals surface area contributed by atoms with Crippen molar-refractivity contribution in [3.63, 3.8) is 0 Å². The van der Waals surface area contributed by atoms with Gasteiger partial charge in [-0.3, -0.25) is 0 Å². The zero-order valence-corrected chi connectivity index (χ0v) is 6.77. The van der Waals surface area contributed by atoms with Gasteiger partial charge in [0.05, 0.1) is 24.0 Å². The molecule has 64 valence electrons. The number of nitrogens with two attached hydrogens (primary N) is 2. The predicted molar refractivity (Wildman–Crippen MR) is 43.4 cm³/mol. The molecule has 0 spiro atoms. The Balaban J connectivity index is 2.75. The zero-order chi connectivity index (χ0) is 9.14. The van der Waals surface area contributed by atoms with Crippen LogP contribution < -0.4 is 11.5 Å². The fraction of sp³-hybridized carbons (Fsp3) is 0.750. The molecule has 4 unspecified atom stereocenters. The summed E-state index contributed by atoms with van der Waals surface area (Å²) in [6, 6.07) is 3.69. The van der Waals surface area contributed by atoms with Crippen molar-refractivity contribution in [3.8, 4) is 12.1 Å².